The average molecular weight is 259 g/mol. The molecule has 0 aliphatic carbocycles. The third kappa shape index (κ3) is 3.64. The lowest BCUT2D eigenvalue weighted by Crippen LogP contribution is -2.17. The van der Waals surface area contributed by atoms with E-state index in [1.807, 2.05) is 31.2 Å². The molecule has 0 atom stereocenters. The van der Waals surface area contributed by atoms with E-state index < -0.39 is 0 Å². The molecule has 100 valence electrons. The Labute approximate surface area is 112 Å². The van der Waals surface area contributed by atoms with Gasteiger partial charge in [-0.25, -0.2) is 0 Å². The monoisotopic (exact) mass is 259 g/mol. The Morgan fingerprint density at radius 2 is 1.95 bits per heavy atom. The normalized spacial score (nSPS) is 10.7. The van der Waals surface area contributed by atoms with Crippen LogP contribution in [-0.2, 0) is 11.2 Å². The van der Waals surface area contributed by atoms with Gasteiger partial charge in [0.1, 0.15) is 0 Å². The molecule has 5 heteroatoms. The van der Waals surface area contributed by atoms with Crippen LogP contribution in [0, 0.1) is 12.8 Å². The summed E-state index contributed by atoms with van der Waals surface area (Å²) in [5.41, 5.74) is 2.30. The summed E-state index contributed by atoms with van der Waals surface area (Å²) >= 11 is 0. The second kappa shape index (κ2) is 5.65. The van der Waals surface area contributed by atoms with Crippen molar-refractivity contribution >= 4 is 11.9 Å². The summed E-state index contributed by atoms with van der Waals surface area (Å²) < 4.78 is 5.38. The van der Waals surface area contributed by atoms with Crippen LogP contribution in [0.25, 0.3) is 0 Å². The third-order valence-corrected chi connectivity index (χ3v) is 2.70. The average Bonchev–Trinajstić information content (AvgIpc) is 2.79. The van der Waals surface area contributed by atoms with Gasteiger partial charge in [-0.2, -0.15) is 0 Å². The molecule has 0 bridgehead atoms. The Kier molecular flexibility index (Phi) is 3.94. The minimum atomic E-state index is -0.134. The van der Waals surface area contributed by atoms with Crippen molar-refractivity contribution in [1.82, 2.24) is 10.2 Å². The molecule has 5 nitrogen and oxygen atoms in total. The molecule has 2 aromatic rings. The Balaban J connectivity index is 2.01. The summed E-state index contributed by atoms with van der Waals surface area (Å²) in [4.78, 5) is 11.5. The Bertz CT molecular complexity index is 558. The molecule has 0 aliphatic heterocycles. The van der Waals surface area contributed by atoms with Crippen LogP contribution in [0.1, 0.15) is 30.9 Å². The van der Waals surface area contributed by atoms with Crippen LogP contribution in [0.4, 0.5) is 6.01 Å². The summed E-state index contributed by atoms with van der Waals surface area (Å²) in [6.45, 7) is 5.65. The fraction of sp³-hybridized carbons (Fsp3) is 0.357. The van der Waals surface area contributed by atoms with E-state index in [9.17, 15) is 4.79 Å². The number of aromatic nitrogens is 2. The highest BCUT2D eigenvalue weighted by atomic mass is 16.4. The van der Waals surface area contributed by atoms with Crippen molar-refractivity contribution in [3.63, 3.8) is 0 Å². The number of amides is 1. The molecular weight excluding hydrogens is 242 g/mol. The molecule has 0 spiro atoms. The molecule has 1 heterocycles. The Morgan fingerprint density at radius 1 is 1.26 bits per heavy atom. The molecule has 2 rings (SSSR count). The first kappa shape index (κ1) is 13.3. The van der Waals surface area contributed by atoms with Crippen LogP contribution in [-0.4, -0.2) is 16.1 Å². The summed E-state index contributed by atoms with van der Waals surface area (Å²) in [7, 11) is 0. The molecule has 1 N–H and O–H groups in total. The van der Waals surface area contributed by atoms with Gasteiger partial charge in [0.2, 0.25) is 11.8 Å². The summed E-state index contributed by atoms with van der Waals surface area (Å²) in [6.07, 6.45) is 0.560. The topological polar surface area (TPSA) is 68.0 Å². The second-order valence-corrected chi connectivity index (χ2v) is 4.81. The predicted octanol–water partition coefficient (Wildman–Crippen LogP) is 2.56. The van der Waals surface area contributed by atoms with E-state index in [0.29, 0.717) is 12.3 Å². The molecule has 19 heavy (non-hydrogen) atoms. The first-order valence-electron chi connectivity index (χ1n) is 6.23. The van der Waals surface area contributed by atoms with Crippen LogP contribution in [0.15, 0.2) is 28.7 Å². The number of rotatable bonds is 4. The summed E-state index contributed by atoms with van der Waals surface area (Å²) in [6, 6.07) is 8.26. The van der Waals surface area contributed by atoms with Gasteiger partial charge in [-0.05, 0) is 12.5 Å². The number of benzene rings is 1. The molecule has 0 unspecified atom stereocenters. The molecule has 1 amide bonds. The number of hydrogen-bond acceptors (Lipinski definition) is 4. The van der Waals surface area contributed by atoms with Crippen LogP contribution in [0.2, 0.25) is 0 Å². The zero-order valence-electron chi connectivity index (χ0n) is 11.3. The van der Waals surface area contributed by atoms with Crippen LogP contribution < -0.4 is 5.32 Å². The molecular formula is C14H17N3O2. The van der Waals surface area contributed by atoms with Crippen molar-refractivity contribution in [2.45, 2.75) is 27.2 Å². The van der Waals surface area contributed by atoms with Gasteiger partial charge in [0, 0.05) is 5.92 Å². The fourth-order valence-corrected chi connectivity index (χ4v) is 1.51. The first-order valence-corrected chi connectivity index (χ1v) is 6.23. The molecule has 1 aromatic heterocycles. The van der Waals surface area contributed by atoms with E-state index in [1.54, 1.807) is 13.8 Å². The van der Waals surface area contributed by atoms with Gasteiger partial charge in [-0.15, -0.1) is 5.10 Å². The molecule has 0 fully saturated rings. The second-order valence-electron chi connectivity index (χ2n) is 4.81. The van der Waals surface area contributed by atoms with Crippen LogP contribution >= 0.6 is 0 Å². The smallest absolute Gasteiger partial charge is 0.322 e. The van der Waals surface area contributed by atoms with Crippen molar-refractivity contribution in [3.05, 3.63) is 41.3 Å². The van der Waals surface area contributed by atoms with E-state index in [2.05, 4.69) is 15.5 Å². The maximum absolute atomic E-state index is 11.5. The van der Waals surface area contributed by atoms with Crippen molar-refractivity contribution < 1.29 is 9.21 Å². The molecule has 0 radical (unpaired) electrons. The van der Waals surface area contributed by atoms with Crippen molar-refractivity contribution in [1.29, 1.82) is 0 Å². The highest BCUT2D eigenvalue weighted by Crippen LogP contribution is 2.12. The number of carbonyl (C=O) groups is 1. The Morgan fingerprint density at radius 3 is 2.58 bits per heavy atom. The zero-order valence-corrected chi connectivity index (χ0v) is 11.3. The van der Waals surface area contributed by atoms with Gasteiger partial charge in [-0.3, -0.25) is 10.1 Å². The lowest BCUT2D eigenvalue weighted by Gasteiger charge is -2.02. The number of anilines is 1. The zero-order chi connectivity index (χ0) is 13.8. The molecule has 1 aromatic carbocycles. The number of nitrogens with zero attached hydrogens (tertiary/aromatic N) is 2. The van der Waals surface area contributed by atoms with Crippen LogP contribution in [0.3, 0.4) is 0 Å². The number of hydrogen-bond donors (Lipinski definition) is 1. The van der Waals surface area contributed by atoms with Crippen molar-refractivity contribution in [3.8, 4) is 0 Å². The SMILES string of the molecule is Cc1ccc(Cc2nnc(NC(=O)C(C)C)o2)cc1. The predicted molar refractivity (Wildman–Crippen MR) is 71.8 cm³/mol. The summed E-state index contributed by atoms with van der Waals surface area (Å²) in [5, 5.41) is 10.3. The highest BCUT2D eigenvalue weighted by molar-refractivity contribution is 5.89. The van der Waals surface area contributed by atoms with Gasteiger partial charge in [0.05, 0.1) is 6.42 Å². The van der Waals surface area contributed by atoms with E-state index >= 15 is 0 Å². The molecule has 0 saturated carbocycles. The first-order chi connectivity index (χ1) is 9.04. The van der Waals surface area contributed by atoms with Crippen LogP contribution in [0.5, 0.6) is 0 Å². The largest absolute Gasteiger partial charge is 0.407 e. The molecule has 0 aliphatic rings. The van der Waals surface area contributed by atoms with Gasteiger partial charge in [-0.1, -0.05) is 48.8 Å². The quantitative estimate of drug-likeness (QED) is 0.916. The van der Waals surface area contributed by atoms with Crippen molar-refractivity contribution in [2.24, 2.45) is 5.92 Å². The minimum Gasteiger partial charge on any atom is -0.407 e. The standard InChI is InChI=1S/C14H17N3O2/c1-9(2)13(18)15-14-17-16-12(19-14)8-11-6-4-10(3)5-7-11/h4-7,9H,8H2,1-3H3,(H,15,17,18). The van der Waals surface area contributed by atoms with Gasteiger partial charge in [0.25, 0.3) is 0 Å². The van der Waals surface area contributed by atoms with E-state index in [1.165, 1.54) is 5.56 Å². The molecule has 0 saturated heterocycles. The van der Waals surface area contributed by atoms with E-state index in [-0.39, 0.29) is 17.8 Å². The lowest BCUT2D eigenvalue weighted by molar-refractivity contribution is -0.119. The third-order valence-electron chi connectivity index (χ3n) is 2.70. The Hall–Kier alpha value is -2.17. The minimum absolute atomic E-state index is 0.118. The maximum atomic E-state index is 11.5. The maximum Gasteiger partial charge on any atom is 0.322 e. The number of carbonyl (C=O) groups excluding carboxylic acids is 1. The van der Waals surface area contributed by atoms with Gasteiger partial charge < -0.3 is 4.42 Å². The summed E-state index contributed by atoms with van der Waals surface area (Å²) in [5.74, 6) is 0.237. The van der Waals surface area contributed by atoms with E-state index in [4.69, 9.17) is 4.42 Å². The van der Waals surface area contributed by atoms with Crippen molar-refractivity contribution in [2.75, 3.05) is 5.32 Å². The number of nitrogens with one attached hydrogen (secondary N) is 1. The fourth-order valence-electron chi connectivity index (χ4n) is 1.51. The van der Waals surface area contributed by atoms with Gasteiger partial charge >= 0.3 is 6.01 Å². The highest BCUT2D eigenvalue weighted by Gasteiger charge is 2.12. The van der Waals surface area contributed by atoms with Gasteiger partial charge in [0.15, 0.2) is 0 Å². The number of aryl methyl sites for hydroxylation is 1. The lowest BCUT2D eigenvalue weighted by atomic mass is 10.1. The van der Waals surface area contributed by atoms with E-state index in [0.717, 1.165) is 5.56 Å².